The van der Waals surface area contributed by atoms with Crippen molar-refractivity contribution in [2.75, 3.05) is 0 Å². The average Bonchev–Trinajstić information content (AvgIpc) is 3.21. The van der Waals surface area contributed by atoms with Crippen molar-refractivity contribution >= 4 is 16.7 Å². The van der Waals surface area contributed by atoms with E-state index in [2.05, 4.69) is 10.3 Å². The predicted octanol–water partition coefficient (Wildman–Crippen LogP) is 3.86. The number of fused-ring (bicyclic) bond motifs is 1. The summed E-state index contributed by atoms with van der Waals surface area (Å²) in [5.41, 5.74) is 1.49. The summed E-state index contributed by atoms with van der Waals surface area (Å²) in [6.45, 7) is 0.585. The minimum absolute atomic E-state index is 0.0731. The van der Waals surface area contributed by atoms with Gasteiger partial charge in [0.25, 0.3) is 5.91 Å². The molecule has 0 saturated heterocycles. The van der Waals surface area contributed by atoms with Crippen molar-refractivity contribution in [3.63, 3.8) is 0 Å². The van der Waals surface area contributed by atoms with Crippen molar-refractivity contribution in [1.82, 2.24) is 14.9 Å². The summed E-state index contributed by atoms with van der Waals surface area (Å²) in [4.78, 5) is 16.5. The number of aromatic nitrogens is 2. The second-order valence-corrected chi connectivity index (χ2v) is 6.56. The van der Waals surface area contributed by atoms with Crippen molar-refractivity contribution in [3.05, 3.63) is 95.8 Å². The average molecular weight is 375 g/mol. The molecular formula is C22H18FN3O2. The van der Waals surface area contributed by atoms with E-state index < -0.39 is 0 Å². The number of hydrogen-bond acceptors (Lipinski definition) is 3. The lowest BCUT2D eigenvalue weighted by Crippen LogP contribution is -2.23. The largest absolute Gasteiger partial charge is 0.507 e. The molecule has 3 aromatic carbocycles. The lowest BCUT2D eigenvalue weighted by atomic mass is 10.1. The van der Waals surface area contributed by atoms with E-state index in [0.717, 1.165) is 16.3 Å². The molecule has 4 aromatic rings. The first-order valence-corrected chi connectivity index (χ1v) is 8.83. The Morgan fingerprint density at radius 3 is 2.64 bits per heavy atom. The van der Waals surface area contributed by atoms with Crippen molar-refractivity contribution in [1.29, 1.82) is 0 Å². The molecule has 6 heteroatoms. The van der Waals surface area contributed by atoms with Gasteiger partial charge in [-0.2, -0.15) is 0 Å². The highest BCUT2D eigenvalue weighted by Gasteiger charge is 2.13. The Bertz CT molecular complexity index is 1140. The standard InChI is InChI=1S/C22H18FN3O2/c23-20-6-5-15(9-18(20)13-26-8-7-24-14-26)12-25-22(28)19-10-16-3-1-2-4-17(16)11-21(19)27/h1-11,14,27H,12-13H2,(H,25,28). The lowest BCUT2D eigenvalue weighted by Gasteiger charge is -2.10. The van der Waals surface area contributed by atoms with Crippen LogP contribution in [0.3, 0.4) is 0 Å². The van der Waals surface area contributed by atoms with Crippen LogP contribution in [0.2, 0.25) is 0 Å². The first-order chi connectivity index (χ1) is 13.6. The first-order valence-electron chi connectivity index (χ1n) is 8.83. The predicted molar refractivity (Wildman–Crippen MR) is 105 cm³/mol. The number of benzene rings is 3. The van der Waals surface area contributed by atoms with Crippen LogP contribution in [0.4, 0.5) is 4.39 Å². The summed E-state index contributed by atoms with van der Waals surface area (Å²) < 4.78 is 15.8. The van der Waals surface area contributed by atoms with Gasteiger partial charge in [0.15, 0.2) is 0 Å². The van der Waals surface area contributed by atoms with Crippen molar-refractivity contribution in [2.45, 2.75) is 13.1 Å². The Morgan fingerprint density at radius 2 is 1.89 bits per heavy atom. The summed E-state index contributed by atoms with van der Waals surface area (Å²) in [6.07, 6.45) is 5.02. The zero-order chi connectivity index (χ0) is 19.5. The maximum absolute atomic E-state index is 14.1. The third kappa shape index (κ3) is 3.71. The molecule has 1 heterocycles. The van der Waals surface area contributed by atoms with E-state index in [1.807, 2.05) is 24.3 Å². The van der Waals surface area contributed by atoms with Crippen molar-refractivity contribution in [3.8, 4) is 5.75 Å². The molecule has 0 aliphatic heterocycles. The fraction of sp³-hybridized carbons (Fsp3) is 0.0909. The Labute approximate surface area is 161 Å². The summed E-state index contributed by atoms with van der Waals surface area (Å²) in [6, 6.07) is 15.5. The van der Waals surface area contributed by atoms with E-state index >= 15 is 0 Å². The molecule has 5 nitrogen and oxygen atoms in total. The number of carbonyl (C=O) groups is 1. The number of rotatable bonds is 5. The van der Waals surface area contributed by atoms with Crippen molar-refractivity contribution in [2.24, 2.45) is 0 Å². The van der Waals surface area contributed by atoms with Gasteiger partial charge < -0.3 is 15.0 Å². The number of carbonyl (C=O) groups excluding carboxylic acids is 1. The number of nitrogens with one attached hydrogen (secondary N) is 1. The van der Waals surface area contributed by atoms with Gasteiger partial charge in [0, 0.05) is 24.5 Å². The Balaban J connectivity index is 1.50. The number of phenolic OH excluding ortho intramolecular Hbond substituents is 1. The number of nitrogens with zero attached hydrogens (tertiary/aromatic N) is 2. The fourth-order valence-electron chi connectivity index (χ4n) is 3.12. The zero-order valence-electron chi connectivity index (χ0n) is 15.0. The molecular weight excluding hydrogens is 357 g/mol. The number of imidazole rings is 1. The van der Waals surface area contributed by atoms with Gasteiger partial charge in [-0.05, 0) is 40.6 Å². The van der Waals surface area contributed by atoms with Crippen molar-refractivity contribution < 1.29 is 14.3 Å². The molecule has 0 bridgehead atoms. The van der Waals surface area contributed by atoms with E-state index in [4.69, 9.17) is 0 Å². The van der Waals surface area contributed by atoms with Crippen LogP contribution in [0.5, 0.6) is 5.75 Å². The third-order valence-electron chi connectivity index (χ3n) is 4.58. The van der Waals surface area contributed by atoms with E-state index in [1.54, 1.807) is 47.6 Å². The molecule has 0 saturated carbocycles. The highest BCUT2D eigenvalue weighted by Crippen LogP contribution is 2.25. The monoisotopic (exact) mass is 375 g/mol. The molecule has 0 spiro atoms. The quantitative estimate of drug-likeness (QED) is 0.557. The smallest absolute Gasteiger partial charge is 0.255 e. The molecule has 0 atom stereocenters. The molecule has 140 valence electrons. The normalized spacial score (nSPS) is 10.9. The van der Waals surface area contributed by atoms with Gasteiger partial charge in [-0.1, -0.05) is 30.3 Å². The zero-order valence-corrected chi connectivity index (χ0v) is 15.0. The van der Waals surface area contributed by atoms with Gasteiger partial charge in [-0.3, -0.25) is 4.79 Å². The van der Waals surface area contributed by atoms with Crippen LogP contribution >= 0.6 is 0 Å². The number of phenols is 1. The third-order valence-corrected chi connectivity index (χ3v) is 4.58. The van der Waals surface area contributed by atoms with E-state index in [9.17, 15) is 14.3 Å². The van der Waals surface area contributed by atoms with Gasteiger partial charge in [0.05, 0.1) is 18.4 Å². The summed E-state index contributed by atoms with van der Waals surface area (Å²) in [7, 11) is 0. The summed E-state index contributed by atoms with van der Waals surface area (Å²) >= 11 is 0. The second-order valence-electron chi connectivity index (χ2n) is 6.56. The minimum Gasteiger partial charge on any atom is -0.507 e. The number of aromatic hydroxyl groups is 1. The van der Waals surface area contributed by atoms with Gasteiger partial charge in [-0.25, -0.2) is 9.37 Å². The van der Waals surface area contributed by atoms with Gasteiger partial charge in [0.1, 0.15) is 11.6 Å². The maximum atomic E-state index is 14.1. The van der Waals surface area contributed by atoms with Crippen LogP contribution in [0, 0.1) is 5.82 Å². The Morgan fingerprint density at radius 1 is 1.11 bits per heavy atom. The summed E-state index contributed by atoms with van der Waals surface area (Å²) in [5.74, 6) is -0.768. The minimum atomic E-state index is -0.385. The number of amides is 1. The fourth-order valence-corrected chi connectivity index (χ4v) is 3.12. The molecule has 1 amide bonds. The summed E-state index contributed by atoms with van der Waals surface area (Å²) in [5, 5.41) is 14.7. The first kappa shape index (κ1) is 17.7. The molecule has 0 unspecified atom stereocenters. The van der Waals surface area contributed by atoms with Crippen LogP contribution < -0.4 is 5.32 Å². The van der Waals surface area contributed by atoms with E-state index in [0.29, 0.717) is 12.1 Å². The lowest BCUT2D eigenvalue weighted by molar-refractivity contribution is 0.0948. The number of hydrogen-bond donors (Lipinski definition) is 2. The highest BCUT2D eigenvalue weighted by atomic mass is 19.1. The second kappa shape index (κ2) is 7.52. The van der Waals surface area contributed by atoms with E-state index in [-0.39, 0.29) is 29.6 Å². The van der Waals surface area contributed by atoms with Crippen LogP contribution in [0.25, 0.3) is 10.8 Å². The van der Waals surface area contributed by atoms with Gasteiger partial charge in [-0.15, -0.1) is 0 Å². The molecule has 0 radical (unpaired) electrons. The molecule has 4 rings (SSSR count). The molecule has 0 aliphatic carbocycles. The molecule has 0 aliphatic rings. The Kier molecular flexibility index (Phi) is 4.76. The Hall–Kier alpha value is -3.67. The molecule has 28 heavy (non-hydrogen) atoms. The topological polar surface area (TPSA) is 67.2 Å². The SMILES string of the molecule is O=C(NCc1ccc(F)c(Cn2ccnc2)c1)c1cc2ccccc2cc1O. The molecule has 0 fully saturated rings. The van der Waals surface area contributed by atoms with Gasteiger partial charge in [0.2, 0.25) is 0 Å². The van der Waals surface area contributed by atoms with Crippen LogP contribution in [0.15, 0.2) is 73.3 Å². The molecule has 2 N–H and O–H groups in total. The van der Waals surface area contributed by atoms with Crippen LogP contribution in [-0.4, -0.2) is 20.6 Å². The van der Waals surface area contributed by atoms with Crippen LogP contribution in [-0.2, 0) is 13.1 Å². The van der Waals surface area contributed by atoms with E-state index in [1.165, 1.54) is 6.07 Å². The molecule has 1 aromatic heterocycles. The van der Waals surface area contributed by atoms with Gasteiger partial charge >= 0.3 is 0 Å². The number of halogens is 1. The van der Waals surface area contributed by atoms with Crippen LogP contribution in [0.1, 0.15) is 21.5 Å². The maximum Gasteiger partial charge on any atom is 0.255 e. The highest BCUT2D eigenvalue weighted by molar-refractivity contribution is 6.01.